The smallest absolute Gasteiger partial charge is 0.424 e. The second-order valence-electron chi connectivity index (χ2n) is 12.1. The van der Waals surface area contributed by atoms with Gasteiger partial charge in [0.2, 0.25) is 0 Å². The van der Waals surface area contributed by atoms with Gasteiger partial charge in [-0.3, -0.25) is 4.79 Å². The van der Waals surface area contributed by atoms with Gasteiger partial charge in [0.15, 0.2) is 0 Å². The molecule has 0 aromatic heterocycles. The molecule has 0 spiro atoms. The minimum Gasteiger partial charge on any atom is -0.487 e. The Hall–Kier alpha value is -2.18. The predicted molar refractivity (Wildman–Crippen MR) is 162 cm³/mol. The van der Waals surface area contributed by atoms with Gasteiger partial charge in [-0.2, -0.15) is 0 Å². The van der Waals surface area contributed by atoms with Crippen LogP contribution in [0.5, 0.6) is 11.5 Å². The summed E-state index contributed by atoms with van der Waals surface area (Å²) in [6, 6.07) is 2.70. The monoisotopic (exact) mass is 583 g/mol. The Morgan fingerprint density at radius 1 is 1.17 bits per heavy atom. The van der Waals surface area contributed by atoms with E-state index in [0.29, 0.717) is 17.7 Å². The van der Waals surface area contributed by atoms with Crippen LogP contribution < -0.4 is 14.3 Å². The van der Waals surface area contributed by atoms with E-state index in [2.05, 4.69) is 12.0 Å². The third kappa shape index (κ3) is 7.62. The van der Waals surface area contributed by atoms with Gasteiger partial charge in [-0.15, -0.1) is 0 Å². The molecular formula is C30H44B2NO7P. The maximum absolute atomic E-state index is 14.3. The molecule has 2 aliphatic rings. The molecule has 1 N–H and O–H groups in total. The van der Waals surface area contributed by atoms with Crippen LogP contribution in [0.4, 0.5) is 4.79 Å². The molecule has 0 saturated carbocycles. The number of aryl methyl sites for hydroxylation is 1. The lowest BCUT2D eigenvalue weighted by molar-refractivity contribution is -0.149. The fourth-order valence-corrected chi connectivity index (χ4v) is 7.06. The Labute approximate surface area is 248 Å². The average Bonchev–Trinajstić information content (AvgIpc) is 2.84. The van der Waals surface area contributed by atoms with Gasteiger partial charge in [0.05, 0.1) is 28.4 Å². The molecule has 3 rings (SSSR count). The first kappa shape index (κ1) is 33.3. The lowest BCUT2D eigenvalue weighted by Gasteiger charge is -2.51. The van der Waals surface area contributed by atoms with Crippen molar-refractivity contribution in [2.45, 2.75) is 116 Å². The van der Waals surface area contributed by atoms with Gasteiger partial charge in [-0.1, -0.05) is 43.0 Å². The van der Waals surface area contributed by atoms with Crippen molar-refractivity contribution < 1.29 is 32.9 Å². The minimum atomic E-state index is -4.46. The number of carbonyl (C=O) groups excluding carboxylic acids is 2. The Morgan fingerprint density at radius 3 is 2.46 bits per heavy atom. The summed E-state index contributed by atoms with van der Waals surface area (Å²) in [4.78, 5) is 25.7. The molecule has 1 aliphatic heterocycles. The number of fused-ring (bicyclic) bond motifs is 3. The van der Waals surface area contributed by atoms with Crippen LogP contribution in [0.2, 0.25) is 5.21 Å². The Bertz CT molecular complexity index is 1210. The van der Waals surface area contributed by atoms with Crippen LogP contribution in [0.3, 0.4) is 0 Å². The van der Waals surface area contributed by atoms with Crippen molar-refractivity contribution in [3.8, 4) is 11.5 Å². The van der Waals surface area contributed by atoms with Crippen molar-refractivity contribution in [1.82, 2.24) is 5.09 Å². The first-order valence-corrected chi connectivity index (χ1v) is 16.2. The predicted octanol–water partition coefficient (Wildman–Crippen LogP) is 6.75. The first-order valence-electron chi connectivity index (χ1n) is 14.6. The number of unbranched alkanes of at least 4 members (excludes halogenated alkanes) is 2. The second-order valence-corrected chi connectivity index (χ2v) is 14.0. The quantitative estimate of drug-likeness (QED) is 0.0949. The number of ether oxygens (including phenoxy) is 3. The highest BCUT2D eigenvalue weighted by Gasteiger charge is 2.50. The highest BCUT2D eigenvalue weighted by atomic mass is 31.2. The van der Waals surface area contributed by atoms with E-state index in [1.54, 1.807) is 20.8 Å². The molecule has 41 heavy (non-hydrogen) atoms. The molecule has 0 fully saturated rings. The molecule has 11 heteroatoms. The molecule has 4 unspecified atom stereocenters. The van der Waals surface area contributed by atoms with Crippen LogP contribution in [0, 0.1) is 5.92 Å². The Morgan fingerprint density at radius 2 is 1.85 bits per heavy atom. The maximum Gasteiger partial charge on any atom is 0.424 e. The van der Waals surface area contributed by atoms with E-state index in [-0.39, 0.29) is 24.2 Å². The molecule has 4 atom stereocenters. The van der Waals surface area contributed by atoms with E-state index in [0.717, 1.165) is 36.8 Å². The number of allylic oxidation sites excluding steroid dienone is 2. The number of nitrogens with one attached hydrogen (secondary N) is 1. The minimum absolute atomic E-state index is 0.0210. The summed E-state index contributed by atoms with van der Waals surface area (Å²) >= 11 is 0. The largest absolute Gasteiger partial charge is 0.487 e. The van der Waals surface area contributed by atoms with E-state index < -0.39 is 42.2 Å². The fraction of sp³-hybridized carbons (Fsp3) is 0.667. The summed E-state index contributed by atoms with van der Waals surface area (Å²) in [6.45, 7) is 14.5. The van der Waals surface area contributed by atoms with E-state index in [1.165, 1.54) is 6.92 Å². The second kappa shape index (κ2) is 13.0. The summed E-state index contributed by atoms with van der Waals surface area (Å²) in [5, 5.41) is 1.60. The topological polar surface area (TPSA) is 100 Å². The number of carbonyl (C=O) groups is 2. The number of rotatable bonds is 12. The number of hydrogen-bond donors (Lipinski definition) is 1. The highest BCUT2D eigenvalue weighted by molar-refractivity contribution is 7.74. The van der Waals surface area contributed by atoms with Crippen LogP contribution in [-0.2, 0) is 25.3 Å². The van der Waals surface area contributed by atoms with E-state index >= 15 is 0 Å². The molecule has 1 aromatic carbocycles. The van der Waals surface area contributed by atoms with Gasteiger partial charge in [0.25, 0.3) is 0 Å². The molecule has 4 radical (unpaired) electrons. The Balaban J connectivity index is 2.16. The van der Waals surface area contributed by atoms with E-state index in [9.17, 15) is 14.2 Å². The molecular weight excluding hydrogens is 539 g/mol. The molecule has 8 nitrogen and oxygen atoms in total. The zero-order valence-electron chi connectivity index (χ0n) is 25.7. The molecule has 0 amide bonds. The van der Waals surface area contributed by atoms with Crippen LogP contribution in [0.25, 0.3) is 0 Å². The van der Waals surface area contributed by atoms with Crippen LogP contribution in [-0.4, -0.2) is 51.7 Å². The average molecular weight is 583 g/mol. The normalized spacial score (nSPS) is 22.7. The molecule has 1 aromatic rings. The SMILES string of the molecule is [B]C1([B])CC2C(C=C1C)c1c(cc(CCCCC)cc1OP(=O)(NC(C)C(=O)OC(C)C)C(=O)OCC)OC2(C)C. The summed E-state index contributed by atoms with van der Waals surface area (Å²) in [6.07, 6.45) is 5.86. The zero-order chi connectivity index (χ0) is 30.8. The fourth-order valence-electron chi connectivity index (χ4n) is 5.49. The van der Waals surface area contributed by atoms with Crippen LogP contribution >= 0.6 is 7.52 Å². The van der Waals surface area contributed by atoms with Crippen molar-refractivity contribution in [2.75, 3.05) is 6.61 Å². The van der Waals surface area contributed by atoms with Gasteiger partial charge in [-0.25, -0.2) is 14.4 Å². The van der Waals surface area contributed by atoms with Gasteiger partial charge in [0, 0.05) is 17.4 Å². The number of hydrogen-bond acceptors (Lipinski definition) is 7. The van der Waals surface area contributed by atoms with E-state index in [4.69, 9.17) is 34.4 Å². The molecule has 1 heterocycles. The summed E-state index contributed by atoms with van der Waals surface area (Å²) in [5.41, 5.74) is 0.703. The lowest BCUT2D eigenvalue weighted by atomic mass is 9.43. The van der Waals surface area contributed by atoms with Gasteiger partial charge in [-0.05, 0) is 79.0 Å². The number of esters is 1. The molecule has 1 aliphatic carbocycles. The van der Waals surface area contributed by atoms with E-state index in [1.807, 2.05) is 39.0 Å². The molecule has 0 saturated heterocycles. The first-order chi connectivity index (χ1) is 19.0. The van der Waals surface area contributed by atoms with Crippen molar-refractivity contribution in [3.05, 3.63) is 34.9 Å². The van der Waals surface area contributed by atoms with Crippen LogP contribution in [0.1, 0.15) is 98.1 Å². The lowest BCUT2D eigenvalue weighted by Crippen LogP contribution is -2.48. The van der Waals surface area contributed by atoms with Gasteiger partial charge in [0.1, 0.15) is 23.1 Å². The van der Waals surface area contributed by atoms with Crippen molar-refractivity contribution in [1.29, 1.82) is 0 Å². The van der Waals surface area contributed by atoms with Gasteiger partial charge < -0.3 is 18.7 Å². The Kier molecular flexibility index (Phi) is 10.6. The number of benzene rings is 1. The molecule has 222 valence electrons. The molecule has 0 bridgehead atoms. The third-order valence-electron chi connectivity index (χ3n) is 7.79. The summed E-state index contributed by atoms with van der Waals surface area (Å²) < 4.78 is 37.4. The zero-order valence-corrected chi connectivity index (χ0v) is 26.6. The standard InChI is InChI=1S/C30H44B2NO7P/c1-9-11-12-13-21-15-24-26(22-14-19(5)30(31,32)17-23(22)29(7,8)39-24)25(16-21)40-41(36,28(35)37-10-2)33-20(6)27(34)38-18(3)4/h14-16,18,20,22-23H,9-13,17H2,1-8H3,(H,33,36). The maximum atomic E-state index is 14.3. The highest BCUT2D eigenvalue weighted by Crippen LogP contribution is 2.59. The summed E-state index contributed by atoms with van der Waals surface area (Å²) in [7, 11) is 8.45. The summed E-state index contributed by atoms with van der Waals surface area (Å²) in [5.74, 6) is -0.196. The van der Waals surface area contributed by atoms with Crippen molar-refractivity contribution in [3.63, 3.8) is 0 Å². The van der Waals surface area contributed by atoms with Crippen molar-refractivity contribution >= 4 is 34.9 Å². The third-order valence-corrected chi connectivity index (χ3v) is 9.58. The van der Waals surface area contributed by atoms with Gasteiger partial charge >= 0.3 is 19.2 Å². The van der Waals surface area contributed by atoms with Crippen LogP contribution in [0.15, 0.2) is 23.8 Å². The van der Waals surface area contributed by atoms with Crippen molar-refractivity contribution in [2.24, 2.45) is 5.92 Å².